The van der Waals surface area contributed by atoms with E-state index >= 15 is 0 Å². The molecule has 0 aliphatic carbocycles. The minimum atomic E-state index is -0.168. The van der Waals surface area contributed by atoms with Gasteiger partial charge >= 0.3 is 0 Å². The fourth-order valence-electron chi connectivity index (χ4n) is 2.19. The molecule has 1 aromatic rings. The number of nitrogens with one attached hydrogen (secondary N) is 1. The van der Waals surface area contributed by atoms with Crippen LogP contribution in [0.1, 0.15) is 33.5 Å². The van der Waals surface area contributed by atoms with Gasteiger partial charge in [0.1, 0.15) is 6.61 Å². The van der Waals surface area contributed by atoms with E-state index in [0.717, 1.165) is 23.5 Å². The first-order chi connectivity index (χ1) is 9.61. The van der Waals surface area contributed by atoms with Crippen LogP contribution in [0.4, 0.5) is 0 Å². The predicted octanol–water partition coefficient (Wildman–Crippen LogP) is 1.56. The summed E-state index contributed by atoms with van der Waals surface area (Å²) in [6, 6.07) is 1.84. The van der Waals surface area contributed by atoms with E-state index in [1.165, 1.54) is 11.3 Å². The van der Waals surface area contributed by atoms with E-state index in [1.807, 2.05) is 19.9 Å². The van der Waals surface area contributed by atoms with Crippen molar-refractivity contribution in [2.24, 2.45) is 5.92 Å². The maximum Gasteiger partial charge on any atom is 0.261 e. The third-order valence-electron chi connectivity index (χ3n) is 3.48. The zero-order chi connectivity index (χ0) is 14.5. The number of amides is 1. The Hall–Kier alpha value is -1.35. The first kappa shape index (κ1) is 15.0. The van der Waals surface area contributed by atoms with E-state index < -0.39 is 0 Å². The molecule has 0 radical (unpaired) electrons. The van der Waals surface area contributed by atoms with Gasteiger partial charge in [0.25, 0.3) is 5.91 Å². The van der Waals surface area contributed by atoms with Gasteiger partial charge in [0.2, 0.25) is 0 Å². The summed E-state index contributed by atoms with van der Waals surface area (Å²) in [7, 11) is 0. The Morgan fingerprint density at radius 2 is 2.45 bits per heavy atom. The summed E-state index contributed by atoms with van der Waals surface area (Å²) in [6.45, 7) is 5.22. The Labute approximate surface area is 123 Å². The van der Waals surface area contributed by atoms with E-state index in [-0.39, 0.29) is 18.6 Å². The van der Waals surface area contributed by atoms with Crippen LogP contribution in [0.15, 0.2) is 6.07 Å². The largest absolute Gasteiger partial charge is 0.384 e. The van der Waals surface area contributed by atoms with E-state index in [9.17, 15) is 4.79 Å². The Morgan fingerprint density at radius 1 is 1.65 bits per heavy atom. The normalized spacial score (nSPS) is 21.4. The molecule has 1 fully saturated rings. The lowest BCUT2D eigenvalue weighted by Crippen LogP contribution is -2.31. The summed E-state index contributed by atoms with van der Waals surface area (Å²) in [5.41, 5.74) is 0.971. The standard InChI is InChI=1S/C15H19NO3S/c1-10-8-14(20-13(10)4-3-6-17)15(18)16-9-12-5-7-19-11(12)2/h8,11-12,17H,5-7,9H2,1-2H3,(H,16,18). The van der Waals surface area contributed by atoms with Gasteiger partial charge < -0.3 is 15.2 Å². The van der Waals surface area contributed by atoms with E-state index in [4.69, 9.17) is 9.84 Å². The molecule has 1 aliphatic heterocycles. The number of hydrogen-bond acceptors (Lipinski definition) is 4. The second-order valence-electron chi connectivity index (χ2n) is 4.92. The maximum absolute atomic E-state index is 12.1. The average molecular weight is 293 g/mol. The van der Waals surface area contributed by atoms with Crippen LogP contribution in [0.3, 0.4) is 0 Å². The van der Waals surface area contributed by atoms with Gasteiger partial charge in [-0.1, -0.05) is 11.8 Å². The highest BCUT2D eigenvalue weighted by atomic mass is 32.1. The molecule has 1 saturated heterocycles. The molecule has 0 aromatic carbocycles. The predicted molar refractivity (Wildman–Crippen MR) is 78.9 cm³/mol. The summed E-state index contributed by atoms with van der Waals surface area (Å²) in [4.78, 5) is 13.6. The molecule has 1 aromatic heterocycles. The molecule has 2 rings (SSSR count). The molecule has 2 N–H and O–H groups in total. The van der Waals surface area contributed by atoms with E-state index in [2.05, 4.69) is 17.2 Å². The van der Waals surface area contributed by atoms with Gasteiger partial charge in [0.05, 0.1) is 15.9 Å². The third kappa shape index (κ3) is 3.60. The highest BCUT2D eigenvalue weighted by Crippen LogP contribution is 2.22. The second kappa shape index (κ2) is 6.89. The molecule has 20 heavy (non-hydrogen) atoms. The lowest BCUT2D eigenvalue weighted by Gasteiger charge is -2.14. The number of thiophene rings is 1. The van der Waals surface area contributed by atoms with Crippen molar-refractivity contribution in [1.82, 2.24) is 5.32 Å². The lowest BCUT2D eigenvalue weighted by molar-refractivity contribution is 0.0910. The number of aliphatic hydroxyl groups excluding tert-OH is 1. The van der Waals surface area contributed by atoms with Crippen molar-refractivity contribution in [2.75, 3.05) is 19.8 Å². The minimum Gasteiger partial charge on any atom is -0.384 e. The Bertz CT molecular complexity index is 541. The zero-order valence-electron chi connectivity index (χ0n) is 11.7. The van der Waals surface area contributed by atoms with Gasteiger partial charge in [-0.3, -0.25) is 4.79 Å². The summed E-state index contributed by atoms with van der Waals surface area (Å²) >= 11 is 1.36. The number of rotatable bonds is 3. The molecule has 4 nitrogen and oxygen atoms in total. The number of carbonyl (C=O) groups excluding carboxylic acids is 1. The molecule has 5 heteroatoms. The highest BCUT2D eigenvalue weighted by Gasteiger charge is 2.24. The molecule has 1 amide bonds. The molecule has 2 unspecified atom stereocenters. The van der Waals surface area contributed by atoms with Crippen molar-refractivity contribution in [3.05, 3.63) is 21.4 Å². The van der Waals surface area contributed by atoms with E-state index in [0.29, 0.717) is 17.3 Å². The van der Waals surface area contributed by atoms with Crippen molar-refractivity contribution in [1.29, 1.82) is 0 Å². The van der Waals surface area contributed by atoms with Crippen molar-refractivity contribution < 1.29 is 14.6 Å². The van der Waals surface area contributed by atoms with Crippen LogP contribution in [0.25, 0.3) is 0 Å². The van der Waals surface area contributed by atoms with Gasteiger partial charge in [-0.05, 0) is 31.9 Å². The average Bonchev–Trinajstić information content (AvgIpc) is 3.00. The quantitative estimate of drug-likeness (QED) is 0.832. The second-order valence-corrected chi connectivity index (χ2v) is 5.97. The summed E-state index contributed by atoms with van der Waals surface area (Å²) in [5.74, 6) is 5.80. The van der Waals surface area contributed by atoms with E-state index in [1.54, 1.807) is 0 Å². The van der Waals surface area contributed by atoms with Crippen LogP contribution in [0.5, 0.6) is 0 Å². The van der Waals surface area contributed by atoms with Crippen molar-refractivity contribution in [3.63, 3.8) is 0 Å². The Kier molecular flexibility index (Phi) is 5.18. The molecule has 2 atom stereocenters. The van der Waals surface area contributed by atoms with Crippen LogP contribution in [0, 0.1) is 24.7 Å². The number of hydrogen-bond donors (Lipinski definition) is 2. The zero-order valence-corrected chi connectivity index (χ0v) is 12.5. The summed E-state index contributed by atoms with van der Waals surface area (Å²) in [6.07, 6.45) is 1.21. The maximum atomic E-state index is 12.1. The van der Waals surface area contributed by atoms with Crippen LogP contribution in [-0.2, 0) is 4.74 Å². The van der Waals surface area contributed by atoms with Crippen molar-refractivity contribution >= 4 is 17.2 Å². The van der Waals surface area contributed by atoms with Gasteiger partial charge in [-0.2, -0.15) is 0 Å². The van der Waals surface area contributed by atoms with Gasteiger partial charge in [-0.15, -0.1) is 11.3 Å². The highest BCUT2D eigenvalue weighted by molar-refractivity contribution is 7.14. The van der Waals surface area contributed by atoms with Crippen molar-refractivity contribution in [2.45, 2.75) is 26.4 Å². The number of ether oxygens (including phenoxy) is 1. The van der Waals surface area contributed by atoms with Gasteiger partial charge in [0, 0.05) is 19.1 Å². The molecular weight excluding hydrogens is 274 g/mol. The number of aliphatic hydroxyl groups is 1. The van der Waals surface area contributed by atoms with Crippen LogP contribution in [0.2, 0.25) is 0 Å². The fraction of sp³-hybridized carbons (Fsp3) is 0.533. The van der Waals surface area contributed by atoms with Crippen LogP contribution < -0.4 is 5.32 Å². The van der Waals surface area contributed by atoms with Crippen LogP contribution in [-0.4, -0.2) is 36.9 Å². The molecular formula is C15H19NO3S. The summed E-state index contributed by atoms with van der Waals surface area (Å²) < 4.78 is 5.48. The fourth-order valence-corrected chi connectivity index (χ4v) is 3.16. The molecule has 2 heterocycles. The van der Waals surface area contributed by atoms with Gasteiger partial charge in [0.15, 0.2) is 0 Å². The minimum absolute atomic E-state index is 0.0609. The molecule has 0 saturated carbocycles. The number of aryl methyl sites for hydroxylation is 1. The molecule has 0 spiro atoms. The molecule has 1 aliphatic rings. The molecule has 0 bridgehead atoms. The lowest BCUT2D eigenvalue weighted by atomic mass is 10.0. The SMILES string of the molecule is Cc1cc(C(=O)NCC2CCOC2C)sc1C#CCO. The first-order valence-electron chi connectivity index (χ1n) is 6.71. The molecule has 108 valence electrons. The Balaban J connectivity index is 1.95. The number of carbonyl (C=O) groups is 1. The Morgan fingerprint density at radius 3 is 3.10 bits per heavy atom. The smallest absolute Gasteiger partial charge is 0.261 e. The van der Waals surface area contributed by atoms with Gasteiger partial charge in [-0.25, -0.2) is 0 Å². The third-order valence-corrected chi connectivity index (χ3v) is 4.63. The monoisotopic (exact) mass is 293 g/mol. The van der Waals surface area contributed by atoms with Crippen molar-refractivity contribution in [3.8, 4) is 11.8 Å². The van der Waals surface area contributed by atoms with Crippen LogP contribution >= 0.6 is 11.3 Å². The first-order valence-corrected chi connectivity index (χ1v) is 7.53. The summed E-state index contributed by atoms with van der Waals surface area (Å²) in [5, 5.41) is 11.7. The topological polar surface area (TPSA) is 58.6 Å².